The number of para-hydroxylation sites is 2. The van der Waals surface area contributed by atoms with E-state index in [4.69, 9.17) is 51.4 Å². The lowest BCUT2D eigenvalue weighted by Gasteiger charge is -2.10. The molecule has 6 nitrogen and oxygen atoms in total. The first-order valence-corrected chi connectivity index (χ1v) is 17.5. The van der Waals surface area contributed by atoms with Gasteiger partial charge in [0.25, 0.3) is 0 Å². The number of benzene rings is 4. The molecule has 6 aromatic rings. The number of hydrogen-bond acceptors (Lipinski definition) is 8. The van der Waals surface area contributed by atoms with Crippen LogP contribution in [-0.4, -0.2) is 63.6 Å². The van der Waals surface area contributed by atoms with Gasteiger partial charge >= 0.3 is 0 Å². The van der Waals surface area contributed by atoms with Gasteiger partial charge in [-0.05, 0) is 47.5 Å². The van der Waals surface area contributed by atoms with Crippen LogP contribution < -0.4 is 0 Å². The minimum atomic E-state index is -1.00. The number of ketones is 2. The minimum Gasteiger partial charge on any atom is -0.396 e. The fraction of sp³-hybridized carbons (Fsp3) is 0.135. The number of thiol groups is 1. The van der Waals surface area contributed by atoms with Gasteiger partial charge in [-0.25, -0.2) is 9.97 Å². The molecule has 2 heterocycles. The molecule has 0 saturated heterocycles. The number of halogens is 4. The van der Waals surface area contributed by atoms with E-state index < -0.39 is 7.15 Å². The Labute approximate surface area is 308 Å². The second-order valence-electron chi connectivity index (χ2n) is 10.4. The summed E-state index contributed by atoms with van der Waals surface area (Å²) >= 11 is 23.5. The quantitative estimate of drug-likeness (QED) is 0.0936. The van der Waals surface area contributed by atoms with Crippen LogP contribution >= 0.6 is 59.2 Å². The number of nitrogens with zero attached hydrogens (tertiary/aromatic N) is 2. The first kappa shape index (κ1) is 35.3. The third-order valence-corrected chi connectivity index (χ3v) is 9.48. The molecule has 0 fully saturated rings. The van der Waals surface area contributed by atoms with Gasteiger partial charge in [-0.1, -0.05) is 83.3 Å². The predicted molar refractivity (Wildman–Crippen MR) is 202 cm³/mol. The Balaban J connectivity index is 0.000000165. The highest BCUT2D eigenvalue weighted by Gasteiger charge is 2.33. The van der Waals surface area contributed by atoms with Gasteiger partial charge in [-0.15, -0.1) is 11.8 Å². The van der Waals surface area contributed by atoms with Crippen molar-refractivity contribution in [3.05, 3.63) is 122 Å². The highest BCUT2D eigenvalue weighted by molar-refractivity contribution is 7.99. The summed E-state index contributed by atoms with van der Waals surface area (Å²) < 4.78 is 15.5. The molecule has 2 aliphatic carbocycles. The van der Waals surface area contributed by atoms with Crippen molar-refractivity contribution in [3.8, 4) is 22.3 Å². The summed E-state index contributed by atoms with van der Waals surface area (Å²) in [7, 11) is -1.00. The van der Waals surface area contributed by atoms with E-state index in [2.05, 4.69) is 17.6 Å². The van der Waals surface area contributed by atoms with Crippen LogP contribution in [0.5, 0.6) is 0 Å². The van der Waals surface area contributed by atoms with Gasteiger partial charge in [0, 0.05) is 65.7 Å². The normalized spacial score (nSPS) is 12.0. The average molecular weight is 755 g/mol. The topological polar surface area (TPSA) is 100 Å². The number of fused-ring (bicyclic) bond motifs is 10. The van der Waals surface area contributed by atoms with Crippen molar-refractivity contribution in [2.45, 2.75) is 5.03 Å². The summed E-state index contributed by atoms with van der Waals surface area (Å²) in [6.45, 7) is 0.248. The number of hydrogen-bond donors (Lipinski definition) is 3. The molecule has 250 valence electrons. The largest absolute Gasteiger partial charge is 0.396 e. The fourth-order valence-electron chi connectivity index (χ4n) is 5.70. The molecule has 0 bridgehead atoms. The molecule has 0 spiro atoms. The van der Waals surface area contributed by atoms with Crippen molar-refractivity contribution in [2.75, 3.05) is 31.9 Å². The smallest absolute Gasteiger partial charge is 0.195 e. The lowest BCUT2D eigenvalue weighted by atomic mass is 10.0. The second kappa shape index (κ2) is 16.4. The SMILES string of the molecule is O=C1c2cc(Cl)ccc2-c2c(Cl)nc3ccccc3c21.O=C1c2cc(Cl)ccc2-c2c(SCCO)nc3ccccc3c21.OCCS.[2H]CF. The van der Waals surface area contributed by atoms with Crippen molar-refractivity contribution in [1.29, 1.82) is 0 Å². The Hall–Kier alpha value is -3.54. The average Bonchev–Trinajstić information content (AvgIpc) is 3.58. The molecule has 12 heteroatoms. The van der Waals surface area contributed by atoms with E-state index in [1.54, 1.807) is 24.3 Å². The molecule has 2 aliphatic rings. The maximum Gasteiger partial charge on any atom is 0.195 e. The van der Waals surface area contributed by atoms with E-state index >= 15 is 0 Å². The summed E-state index contributed by atoms with van der Waals surface area (Å²) in [4.78, 5) is 34.7. The van der Waals surface area contributed by atoms with Crippen LogP contribution in [0.1, 0.15) is 33.2 Å². The van der Waals surface area contributed by atoms with Gasteiger partial charge in [0.15, 0.2) is 11.6 Å². The van der Waals surface area contributed by atoms with Gasteiger partial charge in [0.05, 0.1) is 32.8 Å². The lowest BCUT2D eigenvalue weighted by Crippen LogP contribution is -1.99. The van der Waals surface area contributed by atoms with Crippen LogP contribution in [0.25, 0.3) is 44.1 Å². The molecule has 0 atom stereocenters. The van der Waals surface area contributed by atoms with Gasteiger partial charge in [0.1, 0.15) is 10.2 Å². The van der Waals surface area contributed by atoms with Crippen LogP contribution in [0.4, 0.5) is 4.39 Å². The monoisotopic (exact) mass is 753 g/mol. The predicted octanol–water partition coefficient (Wildman–Crippen LogP) is 9.43. The van der Waals surface area contributed by atoms with Crippen LogP contribution in [0.15, 0.2) is 90.0 Å². The number of pyridine rings is 2. The molecular weight excluding hydrogens is 726 g/mol. The third kappa shape index (κ3) is 7.21. The molecule has 2 N–H and O–H groups in total. The molecular formula is C37H28Cl3FN2O4S2. The Kier molecular flexibility index (Phi) is 11.8. The zero-order chi connectivity index (χ0) is 35.9. The van der Waals surface area contributed by atoms with E-state index in [0.29, 0.717) is 54.5 Å². The van der Waals surface area contributed by atoms with Gasteiger partial charge < -0.3 is 10.2 Å². The number of rotatable bonds is 4. The van der Waals surface area contributed by atoms with Gasteiger partial charge in [0.2, 0.25) is 0 Å². The van der Waals surface area contributed by atoms with Crippen LogP contribution in [0.2, 0.25) is 15.2 Å². The summed E-state index contributed by atoms with van der Waals surface area (Å²) in [6, 6.07) is 25.8. The number of alkyl halides is 1. The number of thioether (sulfide) groups is 1. The molecule has 2 aromatic heterocycles. The summed E-state index contributed by atoms with van der Waals surface area (Å²) in [5.41, 5.74) is 7.28. The minimum absolute atomic E-state index is 0.0121. The van der Waals surface area contributed by atoms with Crippen molar-refractivity contribution in [1.82, 2.24) is 9.97 Å². The number of aliphatic hydroxyl groups is 2. The molecule has 8 rings (SSSR count). The zero-order valence-electron chi connectivity index (χ0n) is 26.6. The summed E-state index contributed by atoms with van der Waals surface area (Å²) in [5.74, 6) is 1.05. The Morgan fingerprint density at radius 1 is 0.714 bits per heavy atom. The lowest BCUT2D eigenvalue weighted by molar-refractivity contribution is 0.103. The number of carbonyl (C=O) groups excluding carboxylic acids is 2. The highest BCUT2D eigenvalue weighted by Crippen LogP contribution is 2.46. The molecule has 0 unspecified atom stereocenters. The Bertz CT molecular complexity index is 2240. The zero-order valence-corrected chi connectivity index (χ0v) is 29.6. The Morgan fingerprint density at radius 2 is 1.18 bits per heavy atom. The van der Waals surface area contributed by atoms with E-state index in [9.17, 15) is 14.0 Å². The highest BCUT2D eigenvalue weighted by atomic mass is 35.5. The van der Waals surface area contributed by atoms with Crippen molar-refractivity contribution in [2.24, 2.45) is 0 Å². The number of carbonyl (C=O) groups is 2. The number of aliphatic hydroxyl groups excluding tert-OH is 2. The van der Waals surface area contributed by atoms with Crippen LogP contribution in [0, 0.1) is 0 Å². The second-order valence-corrected chi connectivity index (χ2v) is 13.2. The maximum atomic E-state index is 12.9. The third-order valence-electron chi connectivity index (χ3n) is 7.58. The van der Waals surface area contributed by atoms with Crippen LogP contribution in [0.3, 0.4) is 0 Å². The van der Waals surface area contributed by atoms with Crippen molar-refractivity contribution < 1.29 is 25.6 Å². The van der Waals surface area contributed by atoms with Gasteiger partial charge in [-0.2, -0.15) is 12.6 Å². The summed E-state index contributed by atoms with van der Waals surface area (Å²) in [6.07, 6.45) is 0. The van der Waals surface area contributed by atoms with Crippen LogP contribution in [-0.2, 0) is 0 Å². The molecule has 0 radical (unpaired) electrons. The molecule has 0 aliphatic heterocycles. The molecule has 0 amide bonds. The number of aromatic nitrogens is 2. The molecule has 4 aromatic carbocycles. The van der Waals surface area contributed by atoms with Gasteiger partial charge in [-0.3, -0.25) is 14.0 Å². The fourth-order valence-corrected chi connectivity index (χ4v) is 7.14. The first-order chi connectivity index (χ1) is 24.2. The molecule has 0 saturated carbocycles. The van der Waals surface area contributed by atoms with E-state index in [-0.39, 0.29) is 24.8 Å². The van der Waals surface area contributed by atoms with E-state index in [0.717, 1.165) is 43.5 Å². The first-order valence-electron chi connectivity index (χ1n) is 15.4. The van der Waals surface area contributed by atoms with Crippen molar-refractivity contribution in [3.63, 3.8) is 0 Å². The van der Waals surface area contributed by atoms with Crippen molar-refractivity contribution >= 4 is 92.6 Å². The van der Waals surface area contributed by atoms with E-state index in [1.165, 1.54) is 11.8 Å². The molecule has 49 heavy (non-hydrogen) atoms. The maximum absolute atomic E-state index is 12.9. The Morgan fingerprint density at radius 3 is 1.69 bits per heavy atom. The standard InChI is InChI=1S/C18H12ClNO2S.C16H7Cl2NO.C2H6OS.CH3F/c19-10-5-6-11-13(9-10)17(22)15-12-3-1-2-4-14(12)20-18(16(11)15)23-8-7-21;17-8-5-6-9-11(7-8)15(20)13-10-3-1-2-4-12(10)19-16(18)14(9)13;3-1-2-4;1-2/h1-6,9,21H,7-8H2;1-7H;3-4H,1-2H2;1H3/i;;;1D. The summed E-state index contributed by atoms with van der Waals surface area (Å²) in [5, 5.41) is 20.8. The van der Waals surface area contributed by atoms with E-state index in [1.807, 2.05) is 60.7 Å².